The van der Waals surface area contributed by atoms with Crippen LogP contribution in [0.4, 0.5) is 0 Å². The monoisotopic (exact) mass is 1080 g/mol. The Morgan fingerprint density at radius 2 is 0.810 bits per heavy atom. The predicted molar refractivity (Wildman–Crippen MR) is 308 cm³/mol. The zero-order valence-corrected chi connectivity index (χ0v) is 44.7. The van der Waals surface area contributed by atoms with Crippen LogP contribution in [0.15, 0.2) is 189 Å². The lowest BCUT2D eigenvalue weighted by Crippen LogP contribution is -2.39. The van der Waals surface area contributed by atoms with Crippen molar-refractivity contribution in [1.29, 1.82) is 0 Å². The van der Waals surface area contributed by atoms with Gasteiger partial charge in [0, 0.05) is 74.9 Å². The number of hydrogen-bond donors (Lipinski definition) is 1. The van der Waals surface area contributed by atoms with Gasteiger partial charge in [-0.2, -0.15) is 0 Å². The molecule has 0 aliphatic carbocycles. The molecule has 1 N–H and O–H groups in total. The van der Waals surface area contributed by atoms with Gasteiger partial charge in [-0.15, -0.1) is 11.6 Å². The number of unbranched alkanes of at least 4 members (excludes halogenated alkanes) is 3. The van der Waals surface area contributed by atoms with E-state index in [1.807, 2.05) is 73.0 Å². The maximum absolute atomic E-state index is 12.6. The molecular formula is C60H58ClN9O9. The average molecular weight is 1080 g/mol. The fraction of sp³-hybridized carbons (Fsp3) is 0.250. The molecule has 0 saturated heterocycles. The van der Waals surface area contributed by atoms with E-state index in [2.05, 4.69) is 26.0 Å². The molecule has 0 atom stereocenters. The molecule has 0 aliphatic heterocycles. The highest BCUT2D eigenvalue weighted by molar-refractivity contribution is 6.17. The Labute approximate surface area is 455 Å². The maximum Gasteiger partial charge on any atom is 0.331 e. The van der Waals surface area contributed by atoms with Gasteiger partial charge < -0.3 is 13.3 Å². The Morgan fingerprint density at radius 1 is 0.443 bits per heavy atom. The summed E-state index contributed by atoms with van der Waals surface area (Å²) in [6.07, 6.45) is 18.2. The number of H-pyrrole nitrogens is 1. The third-order valence-corrected chi connectivity index (χ3v) is 14.1. The average Bonchev–Trinajstić information content (AvgIpc) is 4.34. The number of aromatic amines is 1. The highest BCUT2D eigenvalue weighted by atomic mass is 35.5. The van der Waals surface area contributed by atoms with Gasteiger partial charge in [0.2, 0.25) is 0 Å². The van der Waals surface area contributed by atoms with Crippen molar-refractivity contribution in [3.05, 3.63) is 226 Å². The number of furan rings is 3. The van der Waals surface area contributed by atoms with E-state index in [-0.39, 0.29) is 28.0 Å². The number of alkyl halides is 1. The molecule has 12 rings (SSSR count). The summed E-state index contributed by atoms with van der Waals surface area (Å²) in [4.78, 5) is 86.8. The number of halogens is 1. The van der Waals surface area contributed by atoms with Crippen molar-refractivity contribution < 1.29 is 13.3 Å². The normalized spacial score (nSPS) is 11.2. The molecule has 9 heterocycles. The largest absolute Gasteiger partial charge is 0.464 e. The summed E-state index contributed by atoms with van der Waals surface area (Å²) in [5.74, 6) is 0.746. The summed E-state index contributed by atoms with van der Waals surface area (Å²) >= 11 is 5.64. The van der Waals surface area contributed by atoms with Crippen molar-refractivity contribution in [2.45, 2.75) is 70.9 Å². The van der Waals surface area contributed by atoms with Gasteiger partial charge in [0.15, 0.2) is 16.6 Å². The van der Waals surface area contributed by atoms with Crippen LogP contribution < -0.4 is 33.7 Å². The first-order valence-electron chi connectivity index (χ1n) is 26.0. The number of hydrogen-bond acceptors (Lipinski definition) is 12. The van der Waals surface area contributed by atoms with E-state index in [0.717, 1.165) is 102 Å². The van der Waals surface area contributed by atoms with E-state index >= 15 is 0 Å². The Morgan fingerprint density at radius 3 is 1.22 bits per heavy atom. The molecule has 0 aliphatic rings. The van der Waals surface area contributed by atoms with Crippen LogP contribution in [-0.2, 0) is 53.5 Å². The number of benzene rings is 3. The second-order valence-electron chi connectivity index (χ2n) is 18.9. The number of pyridine rings is 3. The molecule has 18 nitrogen and oxygen atoms in total. The van der Waals surface area contributed by atoms with E-state index in [1.165, 1.54) is 40.0 Å². The van der Waals surface area contributed by atoms with Crippen LogP contribution in [0, 0.1) is 0 Å². The second-order valence-corrected chi connectivity index (χ2v) is 19.2. The van der Waals surface area contributed by atoms with Crippen LogP contribution in [-0.4, -0.2) is 48.7 Å². The zero-order valence-electron chi connectivity index (χ0n) is 44.0. The van der Waals surface area contributed by atoms with E-state index in [1.54, 1.807) is 82.5 Å². The number of nitrogens with one attached hydrogen (secondary N) is 1. The highest BCUT2D eigenvalue weighted by Gasteiger charge is 2.14. The molecule has 19 heteroatoms. The Balaban J connectivity index is 0.000000134. The van der Waals surface area contributed by atoms with Crippen LogP contribution in [0.3, 0.4) is 0 Å². The van der Waals surface area contributed by atoms with Gasteiger partial charge in [-0.05, 0) is 129 Å². The minimum absolute atomic E-state index is 0.282. The van der Waals surface area contributed by atoms with Gasteiger partial charge in [0.05, 0.1) is 35.3 Å². The molecule has 0 fully saturated rings. The summed E-state index contributed by atoms with van der Waals surface area (Å²) in [6, 6.07) is 34.3. The Hall–Kier alpha value is -9.16. The van der Waals surface area contributed by atoms with E-state index in [9.17, 15) is 28.8 Å². The first kappa shape index (κ1) is 54.6. The molecule has 0 bridgehead atoms. The van der Waals surface area contributed by atoms with Crippen LogP contribution in [0.5, 0.6) is 0 Å². The molecule has 0 spiro atoms. The fourth-order valence-electron chi connectivity index (χ4n) is 9.51. The van der Waals surface area contributed by atoms with Gasteiger partial charge in [-0.1, -0.05) is 54.6 Å². The Bertz CT molecular complexity index is 4270. The van der Waals surface area contributed by atoms with Gasteiger partial charge in [-0.25, -0.2) is 29.3 Å². The molecule has 12 aromatic rings. The maximum atomic E-state index is 12.6. The number of aromatic nitrogens is 9. The Kier molecular flexibility index (Phi) is 17.5. The van der Waals surface area contributed by atoms with Crippen molar-refractivity contribution in [1.82, 2.24) is 42.8 Å². The van der Waals surface area contributed by atoms with Crippen molar-refractivity contribution in [3.8, 4) is 0 Å². The van der Waals surface area contributed by atoms with Gasteiger partial charge in [0.1, 0.15) is 16.7 Å². The lowest BCUT2D eigenvalue weighted by atomic mass is 10.1. The van der Waals surface area contributed by atoms with Gasteiger partial charge >= 0.3 is 17.1 Å². The van der Waals surface area contributed by atoms with Crippen molar-refractivity contribution in [2.24, 2.45) is 21.1 Å². The number of para-hydroxylation sites is 3. The minimum atomic E-state index is -0.446. The van der Waals surface area contributed by atoms with E-state index in [0.29, 0.717) is 40.7 Å². The van der Waals surface area contributed by atoms with Crippen molar-refractivity contribution in [3.63, 3.8) is 0 Å². The number of rotatable bonds is 14. The first-order valence-corrected chi connectivity index (χ1v) is 26.5. The van der Waals surface area contributed by atoms with Crippen LogP contribution >= 0.6 is 11.6 Å². The highest BCUT2D eigenvalue weighted by Crippen LogP contribution is 2.24. The second kappa shape index (κ2) is 25.3. The van der Waals surface area contributed by atoms with E-state index in [4.69, 9.17) is 24.9 Å². The molecule has 3 aromatic carbocycles. The topological polar surface area (TPSA) is 221 Å². The summed E-state index contributed by atoms with van der Waals surface area (Å²) in [5.41, 5.74) is 6.83. The minimum Gasteiger partial charge on any atom is -0.464 e. The number of fused-ring (bicyclic) bond motifs is 6. The summed E-state index contributed by atoms with van der Waals surface area (Å²) in [7, 11) is 4.92. The zero-order chi connectivity index (χ0) is 55.4. The smallest absolute Gasteiger partial charge is 0.331 e. The molecule has 9 aromatic heterocycles. The lowest BCUT2D eigenvalue weighted by molar-refractivity contribution is 0.552. The van der Waals surface area contributed by atoms with Crippen molar-refractivity contribution >= 4 is 77.6 Å². The molecular weight excluding hydrogens is 1030 g/mol. The third-order valence-electron chi connectivity index (χ3n) is 13.8. The molecule has 0 amide bonds. The third kappa shape index (κ3) is 12.2. The van der Waals surface area contributed by atoms with Crippen LogP contribution in [0.2, 0.25) is 0 Å². The van der Waals surface area contributed by atoms with Crippen molar-refractivity contribution in [2.75, 3.05) is 5.88 Å². The summed E-state index contributed by atoms with van der Waals surface area (Å²) in [6.45, 7) is 0.765. The summed E-state index contributed by atoms with van der Waals surface area (Å²) < 4.78 is 23.4. The molecule has 404 valence electrons. The van der Waals surface area contributed by atoms with Gasteiger partial charge in [0.25, 0.3) is 16.7 Å². The lowest BCUT2D eigenvalue weighted by Gasteiger charge is -2.09. The standard InChI is InChI=1S/2C20H19N3O3.C12H13ClO.C8H7N3O2/c2*1-22-16-9-6-11-21-18(16)19(24)23(20(22)25)12-5-4-7-14-13-26-17-10-3-2-8-15(14)17;13-8-4-3-5-10-9-14-12-7-2-1-6-11(10)12;1-11-5-3-2-4-9-6(5)7(12)10-8(11)13/h2*2-3,6,8-11,13H,4-5,7,12H2,1H3;1-2,6-7,9H,3-5,8H2;2-4H,1H3,(H,10,12,13). The van der Waals surface area contributed by atoms with E-state index < -0.39 is 11.2 Å². The van der Waals surface area contributed by atoms with Crippen LogP contribution in [0.25, 0.3) is 66.0 Å². The molecule has 79 heavy (non-hydrogen) atoms. The number of aryl methyl sites for hydroxylation is 6. The predicted octanol–water partition coefficient (Wildman–Crippen LogP) is 9.34. The van der Waals surface area contributed by atoms with Gasteiger partial charge in [-0.3, -0.25) is 42.2 Å². The molecule has 0 unspecified atom stereocenters. The first-order chi connectivity index (χ1) is 38.4. The SMILES string of the molecule is ClCCCCc1coc2ccccc12.Cn1c(=O)[nH]c(=O)c2ncccc21.Cn1c(=O)n(CCCCc2coc3ccccc23)c(=O)c2ncccc21.Cn1c(=O)n(CCCCc2coc3ccccc23)c(=O)c2ncccc21. The summed E-state index contributed by atoms with van der Waals surface area (Å²) in [5, 5.41) is 3.48. The number of nitrogens with zero attached hydrogens (tertiary/aromatic N) is 8. The van der Waals surface area contributed by atoms with Crippen LogP contribution in [0.1, 0.15) is 55.2 Å². The fourth-order valence-corrected chi connectivity index (χ4v) is 9.70. The molecule has 0 radical (unpaired) electrons. The quantitative estimate of drug-likeness (QED) is 0.0795. The molecule has 0 saturated carbocycles.